The van der Waals surface area contributed by atoms with E-state index in [0.29, 0.717) is 25.2 Å². The molecule has 2 aliphatic rings. The Kier molecular flexibility index (Phi) is 7.86. The number of hydrogen-bond acceptors (Lipinski definition) is 6. The monoisotopic (exact) mass is 477 g/mol. The van der Waals surface area contributed by atoms with Crippen LogP contribution in [-0.2, 0) is 27.1 Å². The van der Waals surface area contributed by atoms with Crippen LogP contribution in [0.4, 0.5) is 5.69 Å². The van der Waals surface area contributed by atoms with E-state index in [4.69, 9.17) is 9.47 Å². The van der Waals surface area contributed by atoms with Gasteiger partial charge in [0, 0.05) is 17.7 Å². The summed E-state index contributed by atoms with van der Waals surface area (Å²) in [7, 11) is 0. The number of nitrogens with one attached hydrogen (secondary N) is 1. The maximum Gasteiger partial charge on any atom is 0.306 e. The Labute approximate surface area is 207 Å². The second-order valence-electron chi connectivity index (χ2n) is 10.3. The van der Waals surface area contributed by atoms with E-state index in [1.54, 1.807) is 0 Å². The van der Waals surface area contributed by atoms with Gasteiger partial charge >= 0.3 is 5.97 Å². The third kappa shape index (κ3) is 7.39. The van der Waals surface area contributed by atoms with Crippen molar-refractivity contribution in [1.82, 2.24) is 5.01 Å². The number of fused-ring (bicyclic) bond motifs is 1. The van der Waals surface area contributed by atoms with Crippen molar-refractivity contribution in [1.29, 1.82) is 0 Å². The Morgan fingerprint density at radius 2 is 1.86 bits per heavy atom. The quantitative estimate of drug-likeness (QED) is 0.491. The molecule has 4 rings (SSSR count). The van der Waals surface area contributed by atoms with Crippen molar-refractivity contribution in [3.63, 3.8) is 0 Å². The topological polar surface area (TPSA) is 80.2 Å². The van der Waals surface area contributed by atoms with Crippen molar-refractivity contribution < 1.29 is 19.1 Å². The molecule has 2 aromatic carbocycles. The van der Waals surface area contributed by atoms with Crippen LogP contribution in [0.25, 0.3) is 0 Å². The molecule has 0 aromatic heterocycles. The Hall–Kier alpha value is -3.19. The molecule has 0 radical (unpaired) electrons. The van der Waals surface area contributed by atoms with Crippen LogP contribution in [0.2, 0.25) is 0 Å². The number of hydrazone groups is 1. The van der Waals surface area contributed by atoms with Crippen LogP contribution in [-0.4, -0.2) is 55.0 Å². The van der Waals surface area contributed by atoms with Gasteiger partial charge in [0.2, 0.25) is 0 Å². The molecule has 1 N–H and O–H groups in total. The first-order valence-corrected chi connectivity index (χ1v) is 12.4. The fourth-order valence-electron chi connectivity index (χ4n) is 4.44. The maximum absolute atomic E-state index is 12.8. The number of hydrogen-bond donors (Lipinski definition) is 1. The molecule has 1 aliphatic heterocycles. The normalized spacial score (nSPS) is 18.3. The third-order valence-corrected chi connectivity index (χ3v) is 6.20. The largest absolute Gasteiger partial charge is 0.460 e. The van der Waals surface area contributed by atoms with Gasteiger partial charge in [-0.15, -0.1) is 0 Å². The molecule has 1 fully saturated rings. The SMILES string of the molecule is CC(C)(C)OC(=O)CC1CCc2ccc(NC(=O)c3ccc(C=NN4CCOCC4)cc3)cc2C1. The first-order valence-electron chi connectivity index (χ1n) is 12.4. The van der Waals surface area contributed by atoms with E-state index >= 15 is 0 Å². The molecule has 7 heteroatoms. The summed E-state index contributed by atoms with van der Waals surface area (Å²) in [6.07, 6.45) is 4.96. The van der Waals surface area contributed by atoms with Gasteiger partial charge in [0.1, 0.15) is 5.60 Å². The minimum Gasteiger partial charge on any atom is -0.460 e. The molecule has 7 nitrogen and oxygen atoms in total. The van der Waals surface area contributed by atoms with Crippen molar-refractivity contribution in [3.05, 3.63) is 64.7 Å². The molecule has 1 aliphatic carbocycles. The lowest BCUT2D eigenvalue weighted by Gasteiger charge is -2.26. The van der Waals surface area contributed by atoms with E-state index < -0.39 is 5.60 Å². The molecule has 1 saturated heterocycles. The standard InChI is InChI=1S/C28H35N3O4/c1-28(2,3)35-26(32)17-21-6-7-22-10-11-25(18-24(22)16-21)30-27(33)23-8-4-20(5-9-23)19-29-31-12-14-34-15-13-31/h4-5,8-11,18-19,21H,6-7,12-17H2,1-3H3,(H,30,33). The molecule has 186 valence electrons. The van der Waals surface area contributed by atoms with Crippen molar-refractivity contribution in [3.8, 4) is 0 Å². The molecule has 1 heterocycles. The van der Waals surface area contributed by atoms with E-state index in [9.17, 15) is 9.59 Å². The number of amides is 1. The van der Waals surface area contributed by atoms with Crippen LogP contribution < -0.4 is 5.32 Å². The Morgan fingerprint density at radius 3 is 2.57 bits per heavy atom. The van der Waals surface area contributed by atoms with Gasteiger partial charge in [-0.3, -0.25) is 14.6 Å². The van der Waals surface area contributed by atoms with Gasteiger partial charge in [0.15, 0.2) is 0 Å². The molecule has 0 saturated carbocycles. The third-order valence-electron chi connectivity index (χ3n) is 6.20. The lowest BCUT2D eigenvalue weighted by molar-refractivity contribution is -0.156. The highest BCUT2D eigenvalue weighted by Gasteiger charge is 2.24. The second kappa shape index (κ2) is 11.0. The Morgan fingerprint density at radius 1 is 1.11 bits per heavy atom. The van der Waals surface area contributed by atoms with Gasteiger partial charge in [-0.2, -0.15) is 5.10 Å². The van der Waals surface area contributed by atoms with Crippen LogP contribution >= 0.6 is 0 Å². The summed E-state index contributed by atoms with van der Waals surface area (Å²) in [5.74, 6) is -0.0356. The molecular formula is C28H35N3O4. The highest BCUT2D eigenvalue weighted by molar-refractivity contribution is 6.04. The highest BCUT2D eigenvalue weighted by atomic mass is 16.6. The van der Waals surface area contributed by atoms with Crippen LogP contribution in [0.3, 0.4) is 0 Å². The summed E-state index contributed by atoms with van der Waals surface area (Å²) >= 11 is 0. The number of anilines is 1. The Balaban J connectivity index is 1.34. The molecule has 1 amide bonds. The van der Waals surface area contributed by atoms with Crippen LogP contribution in [0.5, 0.6) is 0 Å². The lowest BCUT2D eigenvalue weighted by atomic mass is 9.82. The van der Waals surface area contributed by atoms with Gasteiger partial charge in [-0.1, -0.05) is 18.2 Å². The zero-order valence-corrected chi connectivity index (χ0v) is 20.9. The van der Waals surface area contributed by atoms with Gasteiger partial charge in [0.25, 0.3) is 5.91 Å². The van der Waals surface area contributed by atoms with E-state index in [0.717, 1.165) is 43.6 Å². The van der Waals surface area contributed by atoms with E-state index in [-0.39, 0.29) is 17.8 Å². The average molecular weight is 478 g/mol. The van der Waals surface area contributed by atoms with Crippen LogP contribution in [0, 0.1) is 5.92 Å². The molecule has 35 heavy (non-hydrogen) atoms. The van der Waals surface area contributed by atoms with E-state index in [2.05, 4.69) is 16.5 Å². The molecule has 0 bridgehead atoms. The predicted molar refractivity (Wildman–Crippen MR) is 137 cm³/mol. The van der Waals surface area contributed by atoms with Gasteiger partial charge in [-0.05, 0) is 86.9 Å². The smallest absolute Gasteiger partial charge is 0.306 e. The lowest BCUT2D eigenvalue weighted by Crippen LogP contribution is -2.32. The van der Waals surface area contributed by atoms with Crippen LogP contribution in [0.15, 0.2) is 47.6 Å². The molecule has 1 atom stereocenters. The fourth-order valence-corrected chi connectivity index (χ4v) is 4.44. The molecule has 0 spiro atoms. The molecular weight excluding hydrogens is 442 g/mol. The predicted octanol–water partition coefficient (Wildman–Crippen LogP) is 4.44. The minimum absolute atomic E-state index is 0.145. The Bertz CT molecular complexity index is 1070. The van der Waals surface area contributed by atoms with Crippen molar-refractivity contribution >= 4 is 23.8 Å². The highest BCUT2D eigenvalue weighted by Crippen LogP contribution is 2.30. The first-order chi connectivity index (χ1) is 16.7. The maximum atomic E-state index is 12.8. The van der Waals surface area contributed by atoms with Gasteiger partial charge in [-0.25, -0.2) is 0 Å². The van der Waals surface area contributed by atoms with E-state index in [1.165, 1.54) is 11.1 Å². The summed E-state index contributed by atoms with van der Waals surface area (Å²) in [5.41, 5.74) is 4.32. The van der Waals surface area contributed by atoms with E-state index in [1.807, 2.05) is 68.4 Å². The first kappa shape index (κ1) is 24.9. The number of morpholine rings is 1. The van der Waals surface area contributed by atoms with Gasteiger partial charge < -0.3 is 14.8 Å². The number of aryl methyl sites for hydroxylation is 1. The van der Waals surface area contributed by atoms with Crippen molar-refractivity contribution in [2.45, 2.75) is 52.1 Å². The zero-order valence-electron chi connectivity index (χ0n) is 20.9. The number of esters is 1. The number of nitrogens with zero attached hydrogens (tertiary/aromatic N) is 2. The summed E-state index contributed by atoms with van der Waals surface area (Å²) in [4.78, 5) is 25.1. The number of benzene rings is 2. The summed E-state index contributed by atoms with van der Waals surface area (Å²) in [6, 6.07) is 13.5. The number of carbonyl (C=O) groups is 2. The summed E-state index contributed by atoms with van der Waals surface area (Å²) in [5, 5.41) is 9.47. The second-order valence-corrected chi connectivity index (χ2v) is 10.3. The zero-order chi connectivity index (χ0) is 24.8. The molecule has 2 aromatic rings. The summed E-state index contributed by atoms with van der Waals surface area (Å²) in [6.45, 7) is 8.65. The van der Waals surface area contributed by atoms with Crippen molar-refractivity contribution in [2.75, 3.05) is 31.6 Å². The minimum atomic E-state index is -0.463. The number of carbonyl (C=O) groups excluding carboxylic acids is 2. The van der Waals surface area contributed by atoms with Crippen LogP contribution in [0.1, 0.15) is 60.7 Å². The fraction of sp³-hybridized carbons (Fsp3) is 0.464. The van der Waals surface area contributed by atoms with Gasteiger partial charge in [0.05, 0.1) is 32.5 Å². The number of rotatable bonds is 6. The van der Waals surface area contributed by atoms with Crippen molar-refractivity contribution in [2.24, 2.45) is 11.0 Å². The average Bonchev–Trinajstić information content (AvgIpc) is 2.82. The summed E-state index contributed by atoms with van der Waals surface area (Å²) < 4.78 is 10.8. The molecule has 1 unspecified atom stereocenters. The number of ether oxygens (including phenoxy) is 2.